The van der Waals surface area contributed by atoms with E-state index in [1.165, 1.54) is 128 Å². The highest BCUT2D eigenvalue weighted by molar-refractivity contribution is 5.80. The molecule has 1 rings (SSSR count). The third kappa shape index (κ3) is 25.8. The molecule has 1 aliphatic rings. The van der Waals surface area contributed by atoms with Crippen molar-refractivity contribution in [3.8, 4) is 0 Å². The lowest BCUT2D eigenvalue weighted by molar-refractivity contribution is -0.302. The molecule has 9 atom stereocenters. The van der Waals surface area contributed by atoms with Crippen LogP contribution in [0.4, 0.5) is 0 Å². The van der Waals surface area contributed by atoms with Gasteiger partial charge in [-0.25, -0.2) is 0 Å². The van der Waals surface area contributed by atoms with E-state index in [4.69, 9.17) is 9.47 Å². The summed E-state index contributed by atoms with van der Waals surface area (Å²) in [5.41, 5.74) is 0. The molecule has 0 bridgehead atoms. The third-order valence-electron chi connectivity index (χ3n) is 11.5. The predicted molar refractivity (Wildman–Crippen MR) is 223 cm³/mol. The van der Waals surface area contributed by atoms with Crippen molar-refractivity contribution in [2.45, 2.75) is 250 Å². The Labute approximate surface area is 336 Å². The highest BCUT2D eigenvalue weighted by Crippen LogP contribution is 2.23. The number of carbonyl (C=O) groups excluding carboxylic acids is 1. The van der Waals surface area contributed by atoms with Crippen molar-refractivity contribution in [1.82, 2.24) is 5.32 Å². The second-order valence-electron chi connectivity index (χ2n) is 16.6. The van der Waals surface area contributed by atoms with Crippen molar-refractivity contribution in [3.05, 3.63) is 12.2 Å². The minimum absolute atomic E-state index is 0.303. The molecule has 10 nitrogen and oxygen atoms in total. The number of aliphatic hydroxyl groups excluding tert-OH is 6. The highest BCUT2D eigenvalue weighted by atomic mass is 16.7. The summed E-state index contributed by atoms with van der Waals surface area (Å²) in [6, 6.07) is -0.975. The summed E-state index contributed by atoms with van der Waals surface area (Å²) in [6.45, 7) is 5.92. The molecule has 0 aromatic carbocycles. The van der Waals surface area contributed by atoms with E-state index in [-0.39, 0.29) is 6.61 Å². The average molecular weight is 786 g/mol. The molecule has 7 N–H and O–H groups in total. The van der Waals surface area contributed by atoms with Gasteiger partial charge in [0.2, 0.25) is 5.91 Å². The zero-order chi connectivity index (χ0) is 40.5. The fourth-order valence-corrected chi connectivity index (χ4v) is 7.31. The van der Waals surface area contributed by atoms with Crippen LogP contribution in [0.25, 0.3) is 0 Å². The Morgan fingerprint density at radius 1 is 0.673 bits per heavy atom. The van der Waals surface area contributed by atoms with Crippen LogP contribution in [0.2, 0.25) is 0 Å². The largest absolute Gasteiger partial charge is 0.394 e. The summed E-state index contributed by atoms with van der Waals surface area (Å²) < 4.78 is 11.1. The Bertz CT molecular complexity index is 906. The quantitative estimate of drug-likeness (QED) is 0.0243. The van der Waals surface area contributed by atoms with Gasteiger partial charge in [0.15, 0.2) is 6.29 Å². The van der Waals surface area contributed by atoms with Gasteiger partial charge in [-0.2, -0.15) is 0 Å². The van der Waals surface area contributed by atoms with Gasteiger partial charge in [0, 0.05) is 0 Å². The van der Waals surface area contributed by atoms with E-state index in [9.17, 15) is 35.4 Å². The molecule has 0 aromatic heterocycles. The second kappa shape index (κ2) is 34.9. The Hall–Kier alpha value is -1.11. The van der Waals surface area contributed by atoms with E-state index in [0.717, 1.165) is 50.9 Å². The number of rotatable bonds is 37. The molecule has 0 aromatic rings. The number of aliphatic hydroxyl groups is 6. The molecule has 0 radical (unpaired) electrons. The first kappa shape index (κ1) is 51.9. The lowest BCUT2D eigenvalue weighted by atomic mass is 9.99. The van der Waals surface area contributed by atoms with E-state index in [1.54, 1.807) is 6.08 Å². The molecule has 0 spiro atoms. The van der Waals surface area contributed by atoms with Gasteiger partial charge in [-0.3, -0.25) is 4.79 Å². The van der Waals surface area contributed by atoms with E-state index in [2.05, 4.69) is 26.1 Å². The lowest BCUT2D eigenvalue weighted by Gasteiger charge is -2.40. The normalized spacial score (nSPS) is 22.5. The topological polar surface area (TPSA) is 169 Å². The van der Waals surface area contributed by atoms with Crippen LogP contribution in [0.5, 0.6) is 0 Å². The maximum atomic E-state index is 13.0. The van der Waals surface area contributed by atoms with Crippen LogP contribution in [-0.4, -0.2) is 98.7 Å². The SMILES string of the molecule is CCCCCCCCCCCCCCCCCCCC[C@@H](O)C(=O)N[C@@H](CO[C@@H]1OC(CO)[C@@H](O)C(O)C1O)[C@H](O)/C=C/CCCCCCCC[C@@H](C)CC. The summed E-state index contributed by atoms with van der Waals surface area (Å²) in [6.07, 6.45) is 27.3. The minimum atomic E-state index is -1.61. The van der Waals surface area contributed by atoms with Crippen molar-refractivity contribution in [3.63, 3.8) is 0 Å². The minimum Gasteiger partial charge on any atom is -0.394 e. The first-order valence-electron chi connectivity index (χ1n) is 22.9. The molecular formula is C45H87NO9. The average Bonchev–Trinajstić information content (AvgIpc) is 3.18. The fraction of sp³-hybridized carbons (Fsp3) is 0.933. The van der Waals surface area contributed by atoms with Crippen molar-refractivity contribution in [2.75, 3.05) is 13.2 Å². The maximum Gasteiger partial charge on any atom is 0.249 e. The monoisotopic (exact) mass is 786 g/mol. The van der Waals surface area contributed by atoms with Gasteiger partial charge < -0.3 is 45.4 Å². The standard InChI is InChI=1S/C45H87NO9/c1-4-6-7-8-9-10-11-12-13-14-15-16-17-18-19-24-27-30-33-39(49)44(53)46-37(35-54-45-43(52)42(51)41(50)40(34-47)55-45)38(48)32-29-26-23-21-20-22-25-28-31-36(3)5-2/h29,32,36-43,45,47-52H,4-28,30-31,33-35H2,1-3H3,(H,46,53)/b32-29+/t36-,37-,38+,39+,40?,41+,42?,43?,45+/m0/s1. The second-order valence-corrected chi connectivity index (χ2v) is 16.6. The summed E-state index contributed by atoms with van der Waals surface area (Å²) >= 11 is 0. The van der Waals surface area contributed by atoms with Crippen molar-refractivity contribution in [2.24, 2.45) is 5.92 Å². The van der Waals surface area contributed by atoms with Crippen LogP contribution in [0.3, 0.4) is 0 Å². The van der Waals surface area contributed by atoms with E-state index in [1.807, 2.05) is 6.08 Å². The number of carbonyl (C=O) groups is 1. The lowest BCUT2D eigenvalue weighted by Crippen LogP contribution is -2.60. The van der Waals surface area contributed by atoms with Crippen LogP contribution < -0.4 is 5.32 Å². The molecule has 0 saturated carbocycles. The van der Waals surface area contributed by atoms with Crippen LogP contribution in [0.1, 0.15) is 201 Å². The molecule has 1 fully saturated rings. The number of hydrogen-bond donors (Lipinski definition) is 7. The van der Waals surface area contributed by atoms with Crippen LogP contribution in [0, 0.1) is 5.92 Å². The van der Waals surface area contributed by atoms with Gasteiger partial charge in [-0.1, -0.05) is 193 Å². The zero-order valence-electron chi connectivity index (χ0n) is 35.5. The van der Waals surface area contributed by atoms with E-state index < -0.39 is 61.5 Å². The molecule has 1 saturated heterocycles. The zero-order valence-corrected chi connectivity index (χ0v) is 35.5. The Morgan fingerprint density at radius 2 is 1.15 bits per heavy atom. The van der Waals surface area contributed by atoms with Crippen molar-refractivity contribution in [1.29, 1.82) is 0 Å². The van der Waals surface area contributed by atoms with Crippen molar-refractivity contribution >= 4 is 5.91 Å². The van der Waals surface area contributed by atoms with E-state index >= 15 is 0 Å². The van der Waals surface area contributed by atoms with Gasteiger partial charge in [0.1, 0.15) is 30.5 Å². The van der Waals surface area contributed by atoms with Crippen LogP contribution in [-0.2, 0) is 14.3 Å². The molecule has 0 aliphatic carbocycles. The molecule has 3 unspecified atom stereocenters. The van der Waals surface area contributed by atoms with Gasteiger partial charge in [-0.05, 0) is 25.2 Å². The number of unbranched alkanes of at least 4 members (excludes halogenated alkanes) is 23. The summed E-state index contributed by atoms with van der Waals surface area (Å²) in [7, 11) is 0. The number of allylic oxidation sites excluding steroid dienone is 1. The van der Waals surface area contributed by atoms with Gasteiger partial charge in [-0.15, -0.1) is 0 Å². The Morgan fingerprint density at radius 3 is 1.64 bits per heavy atom. The summed E-state index contributed by atoms with van der Waals surface area (Å²) in [5.74, 6) is 0.185. The Kier molecular flexibility index (Phi) is 32.9. The van der Waals surface area contributed by atoms with Crippen LogP contribution >= 0.6 is 0 Å². The number of amides is 1. The first-order chi connectivity index (χ1) is 26.7. The molecule has 1 aliphatic heterocycles. The highest BCUT2D eigenvalue weighted by Gasteiger charge is 2.44. The fourth-order valence-electron chi connectivity index (χ4n) is 7.31. The third-order valence-corrected chi connectivity index (χ3v) is 11.5. The maximum absolute atomic E-state index is 13.0. The molecular weight excluding hydrogens is 698 g/mol. The molecule has 10 heteroatoms. The smallest absolute Gasteiger partial charge is 0.249 e. The summed E-state index contributed by atoms with van der Waals surface area (Å²) in [5, 5.41) is 64.6. The Balaban J connectivity index is 2.39. The molecule has 55 heavy (non-hydrogen) atoms. The predicted octanol–water partition coefficient (Wildman–Crippen LogP) is 8.16. The van der Waals surface area contributed by atoms with Gasteiger partial charge >= 0.3 is 0 Å². The molecule has 1 amide bonds. The molecule has 326 valence electrons. The number of nitrogens with one attached hydrogen (secondary N) is 1. The van der Waals surface area contributed by atoms with Crippen molar-refractivity contribution < 1.29 is 44.9 Å². The number of ether oxygens (including phenoxy) is 2. The van der Waals surface area contributed by atoms with Gasteiger partial charge in [0.05, 0.1) is 25.4 Å². The van der Waals surface area contributed by atoms with E-state index in [0.29, 0.717) is 6.42 Å². The van der Waals surface area contributed by atoms with Crippen LogP contribution in [0.15, 0.2) is 12.2 Å². The molecule has 1 heterocycles. The summed E-state index contributed by atoms with van der Waals surface area (Å²) in [4.78, 5) is 13.0. The number of hydrogen-bond acceptors (Lipinski definition) is 9. The van der Waals surface area contributed by atoms with Gasteiger partial charge in [0.25, 0.3) is 0 Å². The first-order valence-corrected chi connectivity index (χ1v) is 22.9.